The van der Waals surface area contributed by atoms with Gasteiger partial charge in [0.05, 0.1) is 31.1 Å². The van der Waals surface area contributed by atoms with E-state index in [1.54, 1.807) is 0 Å². The fourth-order valence-electron chi connectivity index (χ4n) is 3.90. The molecular formula is C20H28N4O2. The topological polar surface area (TPSA) is 52.4 Å². The zero-order chi connectivity index (χ0) is 17.8. The molecule has 6 nitrogen and oxygen atoms in total. The molecular weight excluding hydrogens is 328 g/mol. The first kappa shape index (κ1) is 17.6. The lowest BCUT2D eigenvalue weighted by atomic mass is 10.0. The lowest BCUT2D eigenvalue weighted by Gasteiger charge is -2.34. The minimum atomic E-state index is 0.299. The van der Waals surface area contributed by atoms with Gasteiger partial charge in [0.25, 0.3) is 0 Å². The zero-order valence-electron chi connectivity index (χ0n) is 15.5. The molecule has 2 aliphatic rings. The molecule has 140 valence electrons. The minimum absolute atomic E-state index is 0.299. The molecule has 1 atom stereocenters. The van der Waals surface area contributed by atoms with E-state index in [9.17, 15) is 0 Å². The Morgan fingerprint density at radius 3 is 2.92 bits per heavy atom. The molecule has 0 radical (unpaired) electrons. The van der Waals surface area contributed by atoms with Crippen molar-refractivity contribution in [2.75, 3.05) is 26.4 Å². The van der Waals surface area contributed by atoms with E-state index in [4.69, 9.17) is 14.5 Å². The number of aromatic nitrogens is 3. The molecule has 0 spiro atoms. The van der Waals surface area contributed by atoms with Crippen molar-refractivity contribution in [2.24, 2.45) is 5.92 Å². The second kappa shape index (κ2) is 8.29. The number of pyridine rings is 1. The molecule has 0 aromatic carbocycles. The predicted molar refractivity (Wildman–Crippen MR) is 98.5 cm³/mol. The molecule has 2 aliphatic heterocycles. The van der Waals surface area contributed by atoms with E-state index in [2.05, 4.69) is 27.4 Å². The summed E-state index contributed by atoms with van der Waals surface area (Å²) < 4.78 is 13.8. The maximum Gasteiger partial charge on any atom is 0.126 e. The lowest BCUT2D eigenvalue weighted by molar-refractivity contribution is 0.0139. The summed E-state index contributed by atoms with van der Waals surface area (Å²) in [5, 5.41) is 0. The van der Waals surface area contributed by atoms with Crippen LogP contribution in [-0.2, 0) is 29.2 Å². The molecule has 26 heavy (non-hydrogen) atoms. The highest BCUT2D eigenvalue weighted by Crippen LogP contribution is 2.27. The normalized spacial score (nSPS) is 21.7. The van der Waals surface area contributed by atoms with Crippen LogP contribution in [-0.4, -0.2) is 45.8 Å². The van der Waals surface area contributed by atoms with Crippen LogP contribution in [0.5, 0.6) is 0 Å². The molecule has 2 aromatic rings. The average molecular weight is 356 g/mol. The first-order valence-electron chi connectivity index (χ1n) is 9.64. The van der Waals surface area contributed by atoms with Crippen molar-refractivity contribution in [2.45, 2.75) is 45.5 Å². The van der Waals surface area contributed by atoms with Crippen molar-refractivity contribution < 1.29 is 9.47 Å². The summed E-state index contributed by atoms with van der Waals surface area (Å²) in [5.74, 6) is 1.78. The summed E-state index contributed by atoms with van der Waals surface area (Å²) in [6.45, 7) is 8.37. The summed E-state index contributed by atoms with van der Waals surface area (Å²) in [4.78, 5) is 11.4. The van der Waals surface area contributed by atoms with E-state index in [0.717, 1.165) is 58.1 Å². The average Bonchev–Trinajstić information content (AvgIpc) is 3.10. The van der Waals surface area contributed by atoms with Gasteiger partial charge in [0.2, 0.25) is 0 Å². The highest BCUT2D eigenvalue weighted by atomic mass is 16.5. The van der Waals surface area contributed by atoms with Crippen molar-refractivity contribution in [3.63, 3.8) is 0 Å². The molecule has 0 unspecified atom stereocenters. The van der Waals surface area contributed by atoms with Crippen LogP contribution >= 0.6 is 0 Å². The van der Waals surface area contributed by atoms with Crippen molar-refractivity contribution in [1.82, 2.24) is 19.4 Å². The minimum Gasteiger partial charge on any atom is -0.381 e. The van der Waals surface area contributed by atoms with E-state index in [-0.39, 0.29) is 0 Å². The second-order valence-electron chi connectivity index (χ2n) is 7.34. The highest BCUT2D eigenvalue weighted by Gasteiger charge is 2.27. The smallest absolute Gasteiger partial charge is 0.126 e. The van der Waals surface area contributed by atoms with Gasteiger partial charge in [-0.2, -0.15) is 0 Å². The van der Waals surface area contributed by atoms with Crippen LogP contribution in [0.3, 0.4) is 0 Å². The summed E-state index contributed by atoms with van der Waals surface area (Å²) in [7, 11) is 0. The summed E-state index contributed by atoms with van der Waals surface area (Å²) in [6.07, 6.45) is 7.99. The van der Waals surface area contributed by atoms with E-state index >= 15 is 0 Å². The number of hydrogen-bond acceptors (Lipinski definition) is 5. The Bertz CT molecular complexity index is 697. The van der Waals surface area contributed by atoms with Gasteiger partial charge in [0, 0.05) is 45.2 Å². The van der Waals surface area contributed by atoms with E-state index in [1.807, 2.05) is 24.7 Å². The largest absolute Gasteiger partial charge is 0.381 e. The van der Waals surface area contributed by atoms with Crippen molar-refractivity contribution in [3.05, 3.63) is 47.8 Å². The van der Waals surface area contributed by atoms with Gasteiger partial charge < -0.3 is 14.0 Å². The highest BCUT2D eigenvalue weighted by molar-refractivity contribution is 5.13. The van der Waals surface area contributed by atoms with Crippen LogP contribution in [0.4, 0.5) is 0 Å². The summed E-state index contributed by atoms with van der Waals surface area (Å²) >= 11 is 0. The summed E-state index contributed by atoms with van der Waals surface area (Å²) in [6, 6.07) is 4.43. The molecule has 1 fully saturated rings. The first-order chi connectivity index (χ1) is 12.8. The Morgan fingerprint density at radius 2 is 2.12 bits per heavy atom. The number of nitrogens with zero attached hydrogens (tertiary/aromatic N) is 4. The standard InChI is InChI=1S/C20H28N4O2/c1-16-20-22-12-19(15-26-14-17-4-9-25-10-5-17)24(20)8-7-23(16)13-18-3-2-6-21-11-18/h2-3,6,11-12,16-17H,4-5,7-10,13-15H2,1H3/t16-/m1/s1. The number of ether oxygens (including phenoxy) is 2. The van der Waals surface area contributed by atoms with Gasteiger partial charge in [-0.15, -0.1) is 0 Å². The molecule has 0 saturated carbocycles. The van der Waals surface area contributed by atoms with Crippen LogP contribution < -0.4 is 0 Å². The number of hydrogen-bond donors (Lipinski definition) is 0. The Hall–Kier alpha value is -1.76. The molecule has 0 amide bonds. The van der Waals surface area contributed by atoms with Crippen molar-refractivity contribution in [3.8, 4) is 0 Å². The van der Waals surface area contributed by atoms with Crippen molar-refractivity contribution in [1.29, 1.82) is 0 Å². The molecule has 1 saturated heterocycles. The van der Waals surface area contributed by atoms with E-state index in [1.165, 1.54) is 11.3 Å². The monoisotopic (exact) mass is 356 g/mol. The number of rotatable bonds is 6. The van der Waals surface area contributed by atoms with Gasteiger partial charge in [0.15, 0.2) is 0 Å². The van der Waals surface area contributed by atoms with Crippen LogP contribution in [0.25, 0.3) is 0 Å². The third-order valence-corrected chi connectivity index (χ3v) is 5.55. The van der Waals surface area contributed by atoms with Crippen molar-refractivity contribution >= 4 is 0 Å². The quantitative estimate of drug-likeness (QED) is 0.797. The molecule has 2 aromatic heterocycles. The van der Waals surface area contributed by atoms with Gasteiger partial charge in [-0.1, -0.05) is 6.07 Å². The van der Waals surface area contributed by atoms with Crippen LogP contribution in [0.2, 0.25) is 0 Å². The fourth-order valence-corrected chi connectivity index (χ4v) is 3.90. The molecule has 6 heteroatoms. The van der Waals surface area contributed by atoms with Gasteiger partial charge in [0.1, 0.15) is 5.82 Å². The molecule has 4 heterocycles. The number of imidazole rings is 1. The van der Waals surface area contributed by atoms with Gasteiger partial charge in [-0.05, 0) is 37.3 Å². The zero-order valence-corrected chi connectivity index (χ0v) is 15.5. The van der Waals surface area contributed by atoms with Crippen LogP contribution in [0.1, 0.15) is 42.9 Å². The Balaban J connectivity index is 1.34. The van der Waals surface area contributed by atoms with E-state index < -0.39 is 0 Å². The second-order valence-corrected chi connectivity index (χ2v) is 7.34. The number of fused-ring (bicyclic) bond motifs is 1. The molecule has 0 bridgehead atoms. The van der Waals surface area contributed by atoms with Gasteiger partial charge in [-0.25, -0.2) is 4.98 Å². The summed E-state index contributed by atoms with van der Waals surface area (Å²) in [5.41, 5.74) is 2.44. The lowest BCUT2D eigenvalue weighted by Crippen LogP contribution is -2.37. The fraction of sp³-hybridized carbons (Fsp3) is 0.600. The van der Waals surface area contributed by atoms with Gasteiger partial charge in [-0.3, -0.25) is 9.88 Å². The first-order valence-corrected chi connectivity index (χ1v) is 9.64. The third kappa shape index (κ3) is 3.98. The maximum atomic E-state index is 6.00. The Morgan fingerprint density at radius 1 is 1.23 bits per heavy atom. The molecule has 4 rings (SSSR count). The van der Waals surface area contributed by atoms with Gasteiger partial charge >= 0.3 is 0 Å². The molecule has 0 N–H and O–H groups in total. The SMILES string of the molecule is C[C@@H]1c2ncc(COCC3CCOCC3)n2CCN1Cc1cccnc1. The molecule has 0 aliphatic carbocycles. The van der Waals surface area contributed by atoms with Crippen LogP contribution in [0, 0.1) is 5.92 Å². The maximum absolute atomic E-state index is 6.00. The third-order valence-electron chi connectivity index (χ3n) is 5.55. The van der Waals surface area contributed by atoms with E-state index in [0.29, 0.717) is 18.6 Å². The Labute approximate surface area is 155 Å². The predicted octanol–water partition coefficient (Wildman–Crippen LogP) is 2.80. The Kier molecular flexibility index (Phi) is 5.62. The van der Waals surface area contributed by atoms with Crippen LogP contribution in [0.15, 0.2) is 30.7 Å².